The molecule has 3 aromatic rings. The van der Waals surface area contributed by atoms with Crippen molar-refractivity contribution in [3.8, 4) is 28.4 Å². The number of nitrogens with two attached hydrogens (primary N) is 2. The average Bonchev–Trinajstić information content (AvgIpc) is 3.16. The first-order valence-corrected chi connectivity index (χ1v) is 8.02. The van der Waals surface area contributed by atoms with Crippen molar-refractivity contribution in [1.29, 1.82) is 0 Å². The molecule has 0 radical (unpaired) electrons. The van der Waals surface area contributed by atoms with E-state index < -0.39 is 5.56 Å². The fraction of sp³-hybridized carbons (Fsp3) is 0.235. The van der Waals surface area contributed by atoms with Crippen molar-refractivity contribution in [3.05, 3.63) is 40.8 Å². The van der Waals surface area contributed by atoms with Crippen LogP contribution in [-0.4, -0.2) is 26.8 Å². The zero-order chi connectivity index (χ0) is 18.4. The molecule has 25 heavy (non-hydrogen) atoms. The molecule has 2 aromatic heterocycles. The standard InChI is InChI=1S/C15H16N6O2.C2H6/c1-2-23-11-7-8(10-5-6-18-21-10)3-4-9(11)14-19-13(17)12(16)15(22)20-14;1-2/h3-7H,2,16H2,1H3,(H,18,21)(H3,17,19,20,22);1-2H3. The van der Waals surface area contributed by atoms with Crippen molar-refractivity contribution in [1.82, 2.24) is 20.2 Å². The van der Waals surface area contributed by atoms with Gasteiger partial charge in [0.1, 0.15) is 17.3 Å². The quantitative estimate of drug-likeness (QED) is 0.575. The number of benzene rings is 1. The Bertz CT molecular complexity index is 887. The smallest absolute Gasteiger partial charge is 0.276 e. The van der Waals surface area contributed by atoms with Crippen LogP contribution in [-0.2, 0) is 0 Å². The highest BCUT2D eigenvalue weighted by Gasteiger charge is 2.13. The first-order valence-electron chi connectivity index (χ1n) is 8.02. The second-order valence-electron chi connectivity index (χ2n) is 4.83. The number of nitrogens with one attached hydrogen (secondary N) is 2. The van der Waals surface area contributed by atoms with E-state index in [9.17, 15) is 4.79 Å². The maximum atomic E-state index is 11.8. The molecule has 6 N–H and O–H groups in total. The molecule has 0 unspecified atom stereocenters. The van der Waals surface area contributed by atoms with Crippen molar-refractivity contribution in [2.24, 2.45) is 0 Å². The molecule has 8 heteroatoms. The van der Waals surface area contributed by atoms with Gasteiger partial charge in [-0.2, -0.15) is 5.10 Å². The highest BCUT2D eigenvalue weighted by molar-refractivity contribution is 5.73. The summed E-state index contributed by atoms with van der Waals surface area (Å²) in [6.07, 6.45) is 1.67. The van der Waals surface area contributed by atoms with E-state index in [4.69, 9.17) is 16.2 Å². The van der Waals surface area contributed by atoms with Crippen LogP contribution in [0.5, 0.6) is 5.75 Å². The van der Waals surface area contributed by atoms with Crippen molar-refractivity contribution >= 4 is 11.5 Å². The van der Waals surface area contributed by atoms with E-state index in [1.807, 2.05) is 39.0 Å². The Morgan fingerprint density at radius 3 is 2.56 bits per heavy atom. The van der Waals surface area contributed by atoms with Gasteiger partial charge in [-0.15, -0.1) is 0 Å². The normalized spacial score (nSPS) is 10.0. The molecule has 1 aromatic carbocycles. The maximum absolute atomic E-state index is 11.8. The average molecular weight is 342 g/mol. The first kappa shape index (κ1) is 18.1. The molecule has 0 aliphatic carbocycles. The van der Waals surface area contributed by atoms with Crippen molar-refractivity contribution in [2.45, 2.75) is 20.8 Å². The van der Waals surface area contributed by atoms with E-state index in [1.54, 1.807) is 12.3 Å². The summed E-state index contributed by atoms with van der Waals surface area (Å²) in [7, 11) is 0. The van der Waals surface area contributed by atoms with Crippen LogP contribution in [0, 0.1) is 0 Å². The minimum atomic E-state index is -0.479. The fourth-order valence-corrected chi connectivity index (χ4v) is 2.20. The lowest BCUT2D eigenvalue weighted by molar-refractivity contribution is 0.341. The van der Waals surface area contributed by atoms with Gasteiger partial charge in [-0.3, -0.25) is 9.89 Å². The molecule has 0 spiro atoms. The third kappa shape index (κ3) is 3.79. The van der Waals surface area contributed by atoms with Gasteiger partial charge in [-0.1, -0.05) is 19.9 Å². The molecular weight excluding hydrogens is 320 g/mol. The number of aromatic amines is 2. The second-order valence-corrected chi connectivity index (χ2v) is 4.83. The summed E-state index contributed by atoms with van der Waals surface area (Å²) >= 11 is 0. The lowest BCUT2D eigenvalue weighted by Crippen LogP contribution is -2.17. The van der Waals surface area contributed by atoms with Gasteiger partial charge in [0, 0.05) is 11.8 Å². The molecule has 0 bridgehead atoms. The zero-order valence-electron chi connectivity index (χ0n) is 14.5. The van der Waals surface area contributed by atoms with E-state index >= 15 is 0 Å². The Kier molecular flexibility index (Phi) is 5.78. The Labute approximate surface area is 145 Å². The number of ether oxygens (including phenoxy) is 1. The first-order chi connectivity index (χ1) is 12.1. The van der Waals surface area contributed by atoms with Gasteiger partial charge in [0.15, 0.2) is 5.82 Å². The number of hydrogen-bond acceptors (Lipinski definition) is 6. The highest BCUT2D eigenvalue weighted by Crippen LogP contribution is 2.32. The molecule has 0 saturated heterocycles. The second kappa shape index (κ2) is 8.00. The van der Waals surface area contributed by atoms with E-state index in [-0.39, 0.29) is 11.5 Å². The van der Waals surface area contributed by atoms with Gasteiger partial charge in [-0.05, 0) is 25.1 Å². The van der Waals surface area contributed by atoms with Gasteiger partial charge in [-0.25, -0.2) is 4.98 Å². The summed E-state index contributed by atoms with van der Waals surface area (Å²) in [6.45, 7) is 6.34. The summed E-state index contributed by atoms with van der Waals surface area (Å²) < 4.78 is 5.67. The minimum Gasteiger partial charge on any atom is -0.493 e. The highest BCUT2D eigenvalue weighted by atomic mass is 16.5. The van der Waals surface area contributed by atoms with Gasteiger partial charge < -0.3 is 21.2 Å². The van der Waals surface area contributed by atoms with Crippen molar-refractivity contribution in [2.75, 3.05) is 18.1 Å². The number of H-pyrrole nitrogens is 2. The van der Waals surface area contributed by atoms with Gasteiger partial charge >= 0.3 is 0 Å². The predicted octanol–water partition coefficient (Wildman–Crippen LogP) is 2.42. The van der Waals surface area contributed by atoms with Crippen LogP contribution in [0.25, 0.3) is 22.6 Å². The SMILES string of the molecule is CC.CCOc1cc(-c2ccn[nH]2)ccc1-c1nc(N)c(N)c(=O)[nH]1. The number of hydrogen-bond donors (Lipinski definition) is 4. The molecule has 0 amide bonds. The van der Waals surface area contributed by atoms with Crippen LogP contribution >= 0.6 is 0 Å². The Morgan fingerprint density at radius 2 is 1.96 bits per heavy atom. The molecule has 132 valence electrons. The molecule has 0 atom stereocenters. The Hall–Kier alpha value is -3.29. The third-order valence-electron chi connectivity index (χ3n) is 3.33. The topological polar surface area (TPSA) is 136 Å². The van der Waals surface area contributed by atoms with Crippen molar-refractivity contribution in [3.63, 3.8) is 0 Å². The summed E-state index contributed by atoms with van der Waals surface area (Å²) in [5, 5.41) is 6.82. The molecule has 0 fully saturated rings. The lowest BCUT2D eigenvalue weighted by atomic mass is 10.1. The zero-order valence-corrected chi connectivity index (χ0v) is 14.5. The third-order valence-corrected chi connectivity index (χ3v) is 3.33. The Morgan fingerprint density at radius 1 is 1.20 bits per heavy atom. The largest absolute Gasteiger partial charge is 0.493 e. The summed E-state index contributed by atoms with van der Waals surface area (Å²) in [6, 6.07) is 7.37. The lowest BCUT2D eigenvalue weighted by Gasteiger charge is -2.12. The van der Waals surface area contributed by atoms with Crippen molar-refractivity contribution < 1.29 is 4.74 Å². The summed E-state index contributed by atoms with van der Waals surface area (Å²) in [5.74, 6) is 0.872. The van der Waals surface area contributed by atoms with Crippen LogP contribution in [0.3, 0.4) is 0 Å². The molecule has 0 saturated carbocycles. The fourth-order valence-electron chi connectivity index (χ4n) is 2.20. The number of rotatable bonds is 4. The number of anilines is 2. The van der Waals surface area contributed by atoms with Crippen LogP contribution in [0.2, 0.25) is 0 Å². The van der Waals surface area contributed by atoms with E-state index in [0.29, 0.717) is 23.7 Å². The molecule has 8 nitrogen and oxygen atoms in total. The van der Waals surface area contributed by atoms with E-state index in [1.165, 1.54) is 0 Å². The number of aromatic nitrogens is 4. The van der Waals surface area contributed by atoms with E-state index in [2.05, 4.69) is 20.2 Å². The predicted molar refractivity (Wildman–Crippen MR) is 99.2 cm³/mol. The van der Waals surface area contributed by atoms with Crippen LogP contribution in [0.15, 0.2) is 35.3 Å². The van der Waals surface area contributed by atoms with E-state index in [0.717, 1.165) is 11.3 Å². The molecular formula is C17H22N6O2. The summed E-state index contributed by atoms with van der Waals surface area (Å²) in [4.78, 5) is 18.6. The minimum absolute atomic E-state index is 0.0103. The molecule has 0 aliphatic rings. The number of nitrogens with zero attached hydrogens (tertiary/aromatic N) is 2. The van der Waals surface area contributed by atoms with Gasteiger partial charge in [0.2, 0.25) is 0 Å². The monoisotopic (exact) mass is 342 g/mol. The number of nitrogen functional groups attached to an aromatic ring is 2. The molecule has 3 rings (SSSR count). The molecule has 0 aliphatic heterocycles. The maximum Gasteiger partial charge on any atom is 0.276 e. The van der Waals surface area contributed by atoms with Crippen LogP contribution in [0.4, 0.5) is 11.5 Å². The van der Waals surface area contributed by atoms with Gasteiger partial charge in [0.05, 0.1) is 17.9 Å². The summed E-state index contributed by atoms with van der Waals surface area (Å²) in [5.41, 5.74) is 13.0. The molecule has 2 heterocycles. The van der Waals surface area contributed by atoms with Crippen LogP contribution in [0.1, 0.15) is 20.8 Å². The Balaban J connectivity index is 0.00000109. The van der Waals surface area contributed by atoms with Crippen LogP contribution < -0.4 is 21.8 Å². The van der Waals surface area contributed by atoms with Gasteiger partial charge in [0.25, 0.3) is 5.56 Å².